The zero-order valence-corrected chi connectivity index (χ0v) is 16.2. The predicted octanol–water partition coefficient (Wildman–Crippen LogP) is 3.30. The SMILES string of the molecule is CCOc1ccc(SCC(=O)N(C)Cc2ccc(OCC(=O)O)cc2)cc1. The number of nitrogens with zero attached hydrogens (tertiary/aromatic N) is 1. The van der Waals surface area contributed by atoms with Crippen LogP contribution in [-0.4, -0.2) is 47.9 Å². The average molecular weight is 389 g/mol. The summed E-state index contributed by atoms with van der Waals surface area (Å²) in [5.41, 5.74) is 0.944. The Kier molecular flexibility index (Phi) is 8.00. The summed E-state index contributed by atoms with van der Waals surface area (Å²) in [6, 6.07) is 14.7. The molecule has 0 bridgehead atoms. The van der Waals surface area contributed by atoms with Crippen LogP contribution in [0.25, 0.3) is 0 Å². The summed E-state index contributed by atoms with van der Waals surface area (Å²) in [7, 11) is 1.76. The summed E-state index contributed by atoms with van der Waals surface area (Å²) >= 11 is 1.48. The van der Waals surface area contributed by atoms with E-state index in [2.05, 4.69) is 0 Å². The molecule has 144 valence electrons. The van der Waals surface area contributed by atoms with Crippen LogP contribution >= 0.6 is 11.8 Å². The molecule has 27 heavy (non-hydrogen) atoms. The van der Waals surface area contributed by atoms with Crippen molar-refractivity contribution < 1.29 is 24.2 Å². The highest BCUT2D eigenvalue weighted by molar-refractivity contribution is 8.00. The maximum absolute atomic E-state index is 12.3. The first-order chi connectivity index (χ1) is 13.0. The number of carboxylic acids is 1. The number of benzene rings is 2. The first-order valence-corrected chi connectivity index (χ1v) is 9.49. The molecule has 7 heteroatoms. The first-order valence-electron chi connectivity index (χ1n) is 8.51. The third-order valence-electron chi connectivity index (χ3n) is 3.63. The Morgan fingerprint density at radius 2 is 1.59 bits per heavy atom. The highest BCUT2D eigenvalue weighted by atomic mass is 32.2. The number of aliphatic carboxylic acids is 1. The van der Waals surface area contributed by atoms with E-state index < -0.39 is 5.97 Å². The average Bonchev–Trinajstić information content (AvgIpc) is 2.66. The molecule has 0 heterocycles. The van der Waals surface area contributed by atoms with Gasteiger partial charge in [0.15, 0.2) is 6.61 Å². The normalized spacial score (nSPS) is 10.3. The summed E-state index contributed by atoms with van der Waals surface area (Å²) in [6.07, 6.45) is 0. The number of rotatable bonds is 10. The van der Waals surface area contributed by atoms with E-state index in [9.17, 15) is 9.59 Å². The van der Waals surface area contributed by atoms with E-state index in [4.69, 9.17) is 14.6 Å². The summed E-state index contributed by atoms with van der Waals surface area (Å²) in [5, 5.41) is 8.60. The maximum atomic E-state index is 12.3. The van der Waals surface area contributed by atoms with E-state index in [0.29, 0.717) is 24.7 Å². The Morgan fingerprint density at radius 1 is 1.00 bits per heavy atom. The van der Waals surface area contributed by atoms with E-state index in [1.54, 1.807) is 24.1 Å². The van der Waals surface area contributed by atoms with Crippen molar-refractivity contribution >= 4 is 23.6 Å². The molecule has 1 amide bonds. The van der Waals surface area contributed by atoms with Gasteiger partial charge in [0, 0.05) is 18.5 Å². The van der Waals surface area contributed by atoms with Gasteiger partial charge in [-0.3, -0.25) is 4.79 Å². The number of ether oxygens (including phenoxy) is 2. The Balaban J connectivity index is 1.80. The molecule has 2 aromatic carbocycles. The van der Waals surface area contributed by atoms with Gasteiger partial charge in [-0.15, -0.1) is 11.8 Å². The van der Waals surface area contributed by atoms with Crippen molar-refractivity contribution in [3.05, 3.63) is 54.1 Å². The van der Waals surface area contributed by atoms with Crippen molar-refractivity contribution in [2.45, 2.75) is 18.4 Å². The Bertz CT molecular complexity index is 746. The molecule has 0 unspecified atom stereocenters. The first kappa shape index (κ1) is 20.6. The lowest BCUT2D eigenvalue weighted by atomic mass is 10.2. The number of carbonyl (C=O) groups excluding carboxylic acids is 1. The van der Waals surface area contributed by atoms with Crippen molar-refractivity contribution in [2.24, 2.45) is 0 Å². The minimum atomic E-state index is -1.02. The van der Waals surface area contributed by atoms with Crippen LogP contribution in [-0.2, 0) is 16.1 Å². The second-order valence-electron chi connectivity index (χ2n) is 5.77. The molecular weight excluding hydrogens is 366 g/mol. The van der Waals surface area contributed by atoms with Gasteiger partial charge >= 0.3 is 5.97 Å². The standard InChI is InChI=1S/C20H23NO5S/c1-3-25-16-8-10-18(11-9-16)27-14-19(22)21(2)12-15-4-6-17(7-5-15)26-13-20(23)24/h4-11H,3,12-14H2,1-2H3,(H,23,24). The topological polar surface area (TPSA) is 76.1 Å². The third kappa shape index (κ3) is 7.22. The number of thioether (sulfide) groups is 1. The van der Waals surface area contributed by atoms with Crippen LogP contribution in [0.15, 0.2) is 53.4 Å². The van der Waals surface area contributed by atoms with Gasteiger partial charge in [0.1, 0.15) is 11.5 Å². The molecule has 0 fully saturated rings. The smallest absolute Gasteiger partial charge is 0.341 e. The fourth-order valence-corrected chi connectivity index (χ4v) is 3.09. The van der Waals surface area contributed by atoms with Crippen LogP contribution in [0.4, 0.5) is 0 Å². The van der Waals surface area contributed by atoms with Gasteiger partial charge in [0.2, 0.25) is 5.91 Å². The molecule has 0 aliphatic rings. The molecule has 0 saturated carbocycles. The third-order valence-corrected chi connectivity index (χ3v) is 4.62. The zero-order valence-electron chi connectivity index (χ0n) is 15.4. The Labute approximate surface area is 163 Å². The molecule has 2 rings (SSSR count). The van der Waals surface area contributed by atoms with E-state index in [1.807, 2.05) is 43.3 Å². The van der Waals surface area contributed by atoms with Crippen molar-refractivity contribution in [3.8, 4) is 11.5 Å². The van der Waals surface area contributed by atoms with Gasteiger partial charge < -0.3 is 19.5 Å². The van der Waals surface area contributed by atoms with E-state index in [1.165, 1.54) is 11.8 Å². The monoisotopic (exact) mass is 389 g/mol. The molecule has 1 N–H and O–H groups in total. The number of carboxylic acid groups (broad SMARTS) is 1. The number of carbonyl (C=O) groups is 2. The van der Waals surface area contributed by atoms with Gasteiger partial charge in [-0.2, -0.15) is 0 Å². The number of hydrogen-bond acceptors (Lipinski definition) is 5. The summed E-state index contributed by atoms with van der Waals surface area (Å²) in [5.74, 6) is 0.668. The van der Waals surface area contributed by atoms with Gasteiger partial charge in [0.25, 0.3) is 0 Å². The number of amides is 1. The predicted molar refractivity (Wildman–Crippen MR) is 104 cm³/mol. The van der Waals surface area contributed by atoms with E-state index in [-0.39, 0.29) is 12.5 Å². The van der Waals surface area contributed by atoms with Crippen molar-refractivity contribution in [3.63, 3.8) is 0 Å². The highest BCUT2D eigenvalue weighted by Crippen LogP contribution is 2.22. The van der Waals surface area contributed by atoms with Gasteiger partial charge in [-0.1, -0.05) is 12.1 Å². The van der Waals surface area contributed by atoms with Crippen LogP contribution in [0, 0.1) is 0 Å². The largest absolute Gasteiger partial charge is 0.494 e. The fourth-order valence-electron chi connectivity index (χ4n) is 2.25. The lowest BCUT2D eigenvalue weighted by molar-refractivity contribution is -0.139. The van der Waals surface area contributed by atoms with Crippen molar-refractivity contribution in [1.29, 1.82) is 0 Å². The molecule has 0 aliphatic heterocycles. The van der Waals surface area contributed by atoms with Gasteiger partial charge in [-0.25, -0.2) is 4.79 Å². The van der Waals surface area contributed by atoms with Crippen molar-refractivity contribution in [1.82, 2.24) is 4.90 Å². The second-order valence-corrected chi connectivity index (χ2v) is 6.82. The molecule has 0 radical (unpaired) electrons. The second kappa shape index (κ2) is 10.5. The van der Waals surface area contributed by atoms with E-state index in [0.717, 1.165) is 16.2 Å². The quantitative estimate of drug-likeness (QED) is 0.629. The fraction of sp³-hybridized carbons (Fsp3) is 0.300. The van der Waals surface area contributed by atoms with Crippen LogP contribution in [0.3, 0.4) is 0 Å². The molecular formula is C20H23NO5S. The maximum Gasteiger partial charge on any atom is 0.341 e. The molecule has 0 atom stereocenters. The molecule has 0 saturated heterocycles. The Hall–Kier alpha value is -2.67. The minimum absolute atomic E-state index is 0.0279. The summed E-state index contributed by atoms with van der Waals surface area (Å²) in [4.78, 5) is 25.5. The highest BCUT2D eigenvalue weighted by Gasteiger charge is 2.10. The molecule has 0 aliphatic carbocycles. The lowest BCUT2D eigenvalue weighted by Gasteiger charge is -2.17. The van der Waals surface area contributed by atoms with Crippen LogP contribution < -0.4 is 9.47 Å². The molecule has 2 aromatic rings. The Morgan fingerprint density at radius 3 is 2.19 bits per heavy atom. The van der Waals surface area contributed by atoms with Crippen LogP contribution in [0.5, 0.6) is 11.5 Å². The molecule has 0 aromatic heterocycles. The minimum Gasteiger partial charge on any atom is -0.494 e. The molecule has 0 spiro atoms. The van der Waals surface area contributed by atoms with Gasteiger partial charge in [0.05, 0.1) is 12.4 Å². The van der Waals surface area contributed by atoms with E-state index >= 15 is 0 Å². The summed E-state index contributed by atoms with van der Waals surface area (Å²) < 4.78 is 10.5. The zero-order chi connectivity index (χ0) is 19.6. The molecule has 6 nitrogen and oxygen atoms in total. The van der Waals surface area contributed by atoms with Gasteiger partial charge in [-0.05, 0) is 48.9 Å². The van der Waals surface area contributed by atoms with Crippen molar-refractivity contribution in [2.75, 3.05) is 26.0 Å². The van der Waals surface area contributed by atoms with Crippen LogP contribution in [0.2, 0.25) is 0 Å². The summed E-state index contributed by atoms with van der Waals surface area (Å²) in [6.45, 7) is 2.67. The lowest BCUT2D eigenvalue weighted by Crippen LogP contribution is -2.27. The number of hydrogen-bond donors (Lipinski definition) is 1. The van der Waals surface area contributed by atoms with Crippen LogP contribution in [0.1, 0.15) is 12.5 Å².